The van der Waals surface area contributed by atoms with Gasteiger partial charge >= 0.3 is 0 Å². The third kappa shape index (κ3) is 4.77. The topological polar surface area (TPSA) is 45.3 Å². The molecule has 1 fully saturated rings. The van der Waals surface area contributed by atoms with Gasteiger partial charge in [-0.3, -0.25) is 14.6 Å². The molecule has 2 aromatic rings. The van der Waals surface area contributed by atoms with Crippen molar-refractivity contribution in [1.29, 1.82) is 0 Å². The van der Waals surface area contributed by atoms with Gasteiger partial charge < -0.3 is 14.4 Å². The van der Waals surface area contributed by atoms with Gasteiger partial charge in [-0.25, -0.2) is 0 Å². The largest absolute Gasteiger partial charge is 0.454 e. The van der Waals surface area contributed by atoms with E-state index in [-0.39, 0.29) is 11.9 Å². The minimum absolute atomic E-state index is 0.0960. The molecule has 0 saturated carbocycles. The van der Waals surface area contributed by atoms with Crippen LogP contribution in [0.4, 0.5) is 0 Å². The van der Waals surface area contributed by atoms with Crippen molar-refractivity contribution in [3.05, 3.63) is 59.7 Å². The lowest BCUT2D eigenvalue weighted by molar-refractivity contribution is -0.137. The monoisotopic (exact) mass is 409 g/mol. The molecule has 0 spiro atoms. The van der Waals surface area contributed by atoms with Gasteiger partial charge in [0.05, 0.1) is 6.04 Å². The standard InChI is InChI=1S/C24H31N3O3/c1-3-26(17-20-7-5-4-6-8-20)24(28)19(2)27-13-11-25(12-14-27)16-21-9-10-22-23(15-21)30-18-29-22/h4-10,15,19H,3,11-14,16-18H2,1-2H3/t19-/m0/s1. The molecule has 1 amide bonds. The maximum absolute atomic E-state index is 13.1. The molecule has 1 saturated heterocycles. The van der Waals surface area contributed by atoms with Gasteiger partial charge in [-0.2, -0.15) is 0 Å². The number of rotatable bonds is 7. The number of likely N-dealkylation sites (N-methyl/N-ethyl adjacent to an activating group) is 1. The highest BCUT2D eigenvalue weighted by Crippen LogP contribution is 2.32. The number of benzene rings is 2. The smallest absolute Gasteiger partial charge is 0.239 e. The molecule has 160 valence electrons. The molecule has 2 aliphatic heterocycles. The highest BCUT2D eigenvalue weighted by Gasteiger charge is 2.28. The molecular weight excluding hydrogens is 378 g/mol. The van der Waals surface area contributed by atoms with Crippen LogP contribution in [0.2, 0.25) is 0 Å². The first kappa shape index (κ1) is 20.7. The van der Waals surface area contributed by atoms with Crippen molar-refractivity contribution in [2.24, 2.45) is 0 Å². The van der Waals surface area contributed by atoms with Crippen molar-refractivity contribution in [2.45, 2.75) is 33.0 Å². The molecule has 2 aliphatic rings. The van der Waals surface area contributed by atoms with Crippen molar-refractivity contribution in [3.8, 4) is 11.5 Å². The Hall–Kier alpha value is -2.57. The molecule has 0 bridgehead atoms. The van der Waals surface area contributed by atoms with Gasteiger partial charge in [0.2, 0.25) is 12.7 Å². The van der Waals surface area contributed by atoms with Crippen LogP contribution in [0.3, 0.4) is 0 Å². The van der Waals surface area contributed by atoms with Gasteiger partial charge in [0.15, 0.2) is 11.5 Å². The van der Waals surface area contributed by atoms with E-state index in [1.54, 1.807) is 0 Å². The Morgan fingerprint density at radius 1 is 1.00 bits per heavy atom. The summed E-state index contributed by atoms with van der Waals surface area (Å²) in [7, 11) is 0. The first-order valence-electron chi connectivity index (χ1n) is 10.8. The summed E-state index contributed by atoms with van der Waals surface area (Å²) < 4.78 is 10.9. The predicted molar refractivity (Wildman–Crippen MR) is 116 cm³/mol. The van der Waals surface area contributed by atoms with Crippen LogP contribution in [0.25, 0.3) is 0 Å². The third-order valence-electron chi connectivity index (χ3n) is 6.06. The summed E-state index contributed by atoms with van der Waals surface area (Å²) in [5, 5.41) is 0. The molecule has 0 aliphatic carbocycles. The second-order valence-electron chi connectivity index (χ2n) is 8.01. The molecule has 6 nitrogen and oxygen atoms in total. The Morgan fingerprint density at radius 2 is 1.73 bits per heavy atom. The summed E-state index contributed by atoms with van der Waals surface area (Å²) in [6, 6.07) is 16.3. The first-order chi connectivity index (χ1) is 14.6. The molecule has 6 heteroatoms. The van der Waals surface area contributed by atoms with E-state index < -0.39 is 0 Å². The van der Waals surface area contributed by atoms with Gasteiger partial charge in [0.1, 0.15) is 0 Å². The number of carbonyl (C=O) groups excluding carboxylic acids is 1. The van der Waals surface area contributed by atoms with E-state index in [2.05, 4.69) is 41.0 Å². The minimum atomic E-state index is -0.0960. The SMILES string of the molecule is CCN(Cc1ccccc1)C(=O)[C@H](C)N1CCN(Cc2ccc3c(c2)OCO3)CC1. The highest BCUT2D eigenvalue weighted by molar-refractivity contribution is 5.81. The number of amides is 1. The van der Waals surface area contributed by atoms with Crippen molar-refractivity contribution in [3.63, 3.8) is 0 Å². The molecule has 2 heterocycles. The lowest BCUT2D eigenvalue weighted by Gasteiger charge is -2.39. The second-order valence-corrected chi connectivity index (χ2v) is 8.01. The number of hydrogen-bond donors (Lipinski definition) is 0. The number of ether oxygens (including phenoxy) is 2. The first-order valence-corrected chi connectivity index (χ1v) is 10.8. The zero-order chi connectivity index (χ0) is 20.9. The molecule has 0 unspecified atom stereocenters. The number of nitrogens with zero attached hydrogens (tertiary/aromatic N) is 3. The van der Waals surface area contributed by atoms with Crippen LogP contribution in [0.15, 0.2) is 48.5 Å². The van der Waals surface area contributed by atoms with Crippen LogP contribution >= 0.6 is 0 Å². The Labute approximate surface area is 179 Å². The summed E-state index contributed by atoms with van der Waals surface area (Å²) >= 11 is 0. The fourth-order valence-electron chi connectivity index (χ4n) is 4.18. The lowest BCUT2D eigenvalue weighted by atomic mass is 10.1. The van der Waals surface area contributed by atoms with E-state index in [1.807, 2.05) is 36.1 Å². The summed E-state index contributed by atoms with van der Waals surface area (Å²) in [6.07, 6.45) is 0. The van der Waals surface area contributed by atoms with Crippen molar-refractivity contribution < 1.29 is 14.3 Å². The Bertz CT molecular complexity index is 850. The summed E-state index contributed by atoms with van der Waals surface area (Å²) in [5.74, 6) is 1.88. The van der Waals surface area contributed by atoms with Crippen LogP contribution in [0, 0.1) is 0 Å². The average Bonchev–Trinajstić information content (AvgIpc) is 3.26. The van der Waals surface area contributed by atoms with Gasteiger partial charge in [0, 0.05) is 45.8 Å². The van der Waals surface area contributed by atoms with E-state index in [4.69, 9.17) is 9.47 Å². The quantitative estimate of drug-likeness (QED) is 0.704. The Morgan fingerprint density at radius 3 is 2.47 bits per heavy atom. The minimum Gasteiger partial charge on any atom is -0.454 e. The van der Waals surface area contributed by atoms with Gasteiger partial charge in [-0.15, -0.1) is 0 Å². The highest BCUT2D eigenvalue weighted by atomic mass is 16.7. The molecule has 2 aromatic carbocycles. The average molecular weight is 410 g/mol. The molecule has 4 rings (SSSR count). The normalized spacial score (nSPS) is 17.7. The van der Waals surface area contributed by atoms with Crippen molar-refractivity contribution in [2.75, 3.05) is 39.5 Å². The number of piperazine rings is 1. The molecule has 1 atom stereocenters. The fourth-order valence-corrected chi connectivity index (χ4v) is 4.18. The van der Waals surface area contributed by atoms with Crippen LogP contribution < -0.4 is 9.47 Å². The lowest BCUT2D eigenvalue weighted by Crippen LogP contribution is -2.54. The number of carbonyl (C=O) groups is 1. The summed E-state index contributed by atoms with van der Waals surface area (Å²) in [4.78, 5) is 19.8. The Balaban J connectivity index is 1.29. The van der Waals surface area contributed by atoms with Gasteiger partial charge in [-0.1, -0.05) is 36.4 Å². The van der Waals surface area contributed by atoms with Crippen LogP contribution in [0.5, 0.6) is 11.5 Å². The van der Waals surface area contributed by atoms with Crippen molar-refractivity contribution >= 4 is 5.91 Å². The van der Waals surface area contributed by atoms with E-state index in [9.17, 15) is 4.79 Å². The fraction of sp³-hybridized carbons (Fsp3) is 0.458. The van der Waals surface area contributed by atoms with Crippen LogP contribution in [-0.4, -0.2) is 66.2 Å². The van der Waals surface area contributed by atoms with E-state index in [0.29, 0.717) is 13.3 Å². The van der Waals surface area contributed by atoms with Gasteiger partial charge in [0.25, 0.3) is 0 Å². The second kappa shape index (κ2) is 9.49. The number of hydrogen-bond acceptors (Lipinski definition) is 5. The van der Waals surface area contributed by atoms with Gasteiger partial charge in [-0.05, 0) is 37.1 Å². The molecule has 0 N–H and O–H groups in total. The zero-order valence-electron chi connectivity index (χ0n) is 17.9. The maximum atomic E-state index is 13.1. The van der Waals surface area contributed by atoms with Crippen LogP contribution in [0.1, 0.15) is 25.0 Å². The summed E-state index contributed by atoms with van der Waals surface area (Å²) in [6.45, 7) is 10.4. The molecule has 30 heavy (non-hydrogen) atoms. The van der Waals surface area contributed by atoms with Crippen molar-refractivity contribution in [1.82, 2.24) is 14.7 Å². The molecule has 0 aromatic heterocycles. The van der Waals surface area contributed by atoms with E-state index in [0.717, 1.165) is 50.8 Å². The third-order valence-corrected chi connectivity index (χ3v) is 6.06. The molecular formula is C24H31N3O3. The maximum Gasteiger partial charge on any atom is 0.239 e. The molecule has 0 radical (unpaired) electrons. The predicted octanol–water partition coefficient (Wildman–Crippen LogP) is 2.97. The number of fused-ring (bicyclic) bond motifs is 1. The van der Waals surface area contributed by atoms with E-state index >= 15 is 0 Å². The van der Waals surface area contributed by atoms with E-state index in [1.165, 1.54) is 11.1 Å². The summed E-state index contributed by atoms with van der Waals surface area (Å²) in [5.41, 5.74) is 2.41. The van der Waals surface area contributed by atoms with Crippen LogP contribution in [-0.2, 0) is 17.9 Å². The Kier molecular flexibility index (Phi) is 6.55. The zero-order valence-corrected chi connectivity index (χ0v) is 17.9.